The number of carboxylic acids is 1. The minimum Gasteiger partial charge on any atom is -0.480 e. The van der Waals surface area contributed by atoms with Gasteiger partial charge in [-0.1, -0.05) is 12.1 Å². The summed E-state index contributed by atoms with van der Waals surface area (Å²) in [6, 6.07) is 5.58. The van der Waals surface area contributed by atoms with Gasteiger partial charge in [0, 0.05) is 18.2 Å². The molecule has 1 atom stereocenters. The van der Waals surface area contributed by atoms with Crippen LogP contribution in [0.2, 0.25) is 0 Å². The fraction of sp³-hybridized carbons (Fsp3) is 0.318. The van der Waals surface area contributed by atoms with Crippen molar-refractivity contribution in [3.63, 3.8) is 0 Å². The molecule has 0 saturated heterocycles. The first-order chi connectivity index (χ1) is 15.3. The highest BCUT2D eigenvalue weighted by Gasteiger charge is 2.22. The number of aromatic amines is 2. The number of hydrogen-bond donors (Lipinski definition) is 4. The van der Waals surface area contributed by atoms with Gasteiger partial charge in [0.2, 0.25) is 0 Å². The number of carbonyl (C=O) groups excluding carboxylic acids is 2. The molecular formula is C22H24N4O6. The molecule has 0 aliphatic rings. The van der Waals surface area contributed by atoms with Crippen LogP contribution in [0.5, 0.6) is 0 Å². The molecule has 1 unspecified atom stereocenters. The Hall–Kier alpha value is -3.95. The lowest BCUT2D eigenvalue weighted by atomic mass is 10.0. The molecule has 10 nitrogen and oxygen atoms in total. The van der Waals surface area contributed by atoms with Gasteiger partial charge in [0.15, 0.2) is 0 Å². The normalized spacial score (nSPS) is 11.8. The molecule has 2 heterocycles. The van der Waals surface area contributed by atoms with Gasteiger partial charge in [-0.05, 0) is 49.4 Å². The monoisotopic (exact) mass is 440 g/mol. The highest BCUT2D eigenvalue weighted by atomic mass is 16.5. The molecule has 0 fully saturated rings. The van der Waals surface area contributed by atoms with Crippen LogP contribution in [0.1, 0.15) is 40.2 Å². The van der Waals surface area contributed by atoms with Crippen molar-refractivity contribution in [1.82, 2.24) is 20.3 Å². The first-order valence-electron chi connectivity index (χ1n) is 10.0. The van der Waals surface area contributed by atoms with Crippen molar-refractivity contribution in [1.29, 1.82) is 0 Å². The molecule has 168 valence electrons. The minimum atomic E-state index is -1.22. The summed E-state index contributed by atoms with van der Waals surface area (Å²) in [7, 11) is 1.21. The maximum absolute atomic E-state index is 12.4. The van der Waals surface area contributed by atoms with Crippen LogP contribution >= 0.6 is 0 Å². The largest absolute Gasteiger partial charge is 0.480 e. The minimum absolute atomic E-state index is 0.0655. The number of ether oxygens (including phenoxy) is 1. The van der Waals surface area contributed by atoms with Crippen molar-refractivity contribution in [3.05, 3.63) is 63.3 Å². The summed E-state index contributed by atoms with van der Waals surface area (Å²) in [4.78, 5) is 57.2. The van der Waals surface area contributed by atoms with Crippen LogP contribution in [0.3, 0.4) is 0 Å². The number of aliphatic carboxylic acids is 1. The third kappa shape index (κ3) is 5.39. The van der Waals surface area contributed by atoms with Crippen molar-refractivity contribution in [2.24, 2.45) is 0 Å². The Labute approximate surface area is 183 Å². The predicted molar refractivity (Wildman–Crippen MR) is 115 cm³/mol. The molecule has 1 amide bonds. The van der Waals surface area contributed by atoms with Gasteiger partial charge < -0.3 is 25.1 Å². The Kier molecular flexibility index (Phi) is 7.04. The summed E-state index contributed by atoms with van der Waals surface area (Å²) in [5.41, 5.74) is 2.48. The number of nitrogens with zero attached hydrogens (tertiary/aromatic N) is 1. The molecule has 3 aromatic rings. The van der Waals surface area contributed by atoms with E-state index in [2.05, 4.69) is 25.0 Å². The van der Waals surface area contributed by atoms with E-state index in [9.17, 15) is 24.3 Å². The third-order valence-corrected chi connectivity index (χ3v) is 5.11. The first kappa shape index (κ1) is 22.7. The summed E-state index contributed by atoms with van der Waals surface area (Å²) in [6.07, 6.45) is 2.84. The Balaban J connectivity index is 1.62. The number of amides is 1. The van der Waals surface area contributed by atoms with Crippen molar-refractivity contribution in [2.45, 2.75) is 38.6 Å². The number of aryl methyl sites for hydroxylation is 3. The van der Waals surface area contributed by atoms with Crippen LogP contribution in [-0.4, -0.2) is 51.1 Å². The smallest absolute Gasteiger partial charge is 0.326 e. The fourth-order valence-electron chi connectivity index (χ4n) is 3.38. The fourth-order valence-corrected chi connectivity index (χ4v) is 3.38. The summed E-state index contributed by atoms with van der Waals surface area (Å²) >= 11 is 0. The second kappa shape index (κ2) is 9.90. The van der Waals surface area contributed by atoms with Gasteiger partial charge >= 0.3 is 11.9 Å². The van der Waals surface area contributed by atoms with E-state index in [1.54, 1.807) is 37.4 Å². The molecular weight excluding hydrogens is 416 g/mol. The molecule has 0 aliphatic carbocycles. The molecule has 32 heavy (non-hydrogen) atoms. The number of carbonyl (C=O) groups is 3. The average molecular weight is 440 g/mol. The highest BCUT2D eigenvalue weighted by molar-refractivity contribution is 5.96. The van der Waals surface area contributed by atoms with Gasteiger partial charge in [-0.25, -0.2) is 9.78 Å². The number of aromatic nitrogens is 3. The third-order valence-electron chi connectivity index (χ3n) is 5.11. The van der Waals surface area contributed by atoms with Gasteiger partial charge in [0.1, 0.15) is 17.5 Å². The zero-order valence-corrected chi connectivity index (χ0v) is 17.7. The Morgan fingerprint density at radius 3 is 2.56 bits per heavy atom. The lowest BCUT2D eigenvalue weighted by Gasteiger charge is -2.14. The summed E-state index contributed by atoms with van der Waals surface area (Å²) in [5.74, 6) is -1.77. The number of esters is 1. The molecule has 0 radical (unpaired) electrons. The number of fused-ring (bicyclic) bond motifs is 1. The van der Waals surface area contributed by atoms with Gasteiger partial charge in [0.25, 0.3) is 11.5 Å². The van der Waals surface area contributed by atoms with E-state index in [1.807, 2.05) is 0 Å². The van der Waals surface area contributed by atoms with Crippen molar-refractivity contribution in [2.75, 3.05) is 7.11 Å². The Bertz CT molecular complexity index is 1200. The van der Waals surface area contributed by atoms with E-state index >= 15 is 0 Å². The van der Waals surface area contributed by atoms with Crippen LogP contribution in [0.25, 0.3) is 11.0 Å². The number of nitrogens with one attached hydrogen (secondary N) is 3. The maximum atomic E-state index is 12.4. The standard InChI is InChI=1S/C22H24N4O6/c1-12-24-19-18(21(29)25-12)15(11-23-19)8-5-13-3-6-14(7-4-13)20(28)26-16(22(30)31)9-10-17(27)32-2/h3-4,6-7,11,16H,5,8-10H2,1-2H3,(H,26,28)(H,30,31)(H2,23,24,25,29). The number of H-pyrrole nitrogens is 2. The van der Waals surface area contributed by atoms with E-state index in [-0.39, 0.29) is 18.4 Å². The van der Waals surface area contributed by atoms with Gasteiger partial charge in [-0.2, -0.15) is 0 Å². The molecule has 10 heteroatoms. The van der Waals surface area contributed by atoms with Crippen LogP contribution in [0, 0.1) is 6.92 Å². The molecule has 2 aromatic heterocycles. The van der Waals surface area contributed by atoms with Gasteiger partial charge in [-0.15, -0.1) is 0 Å². The van der Waals surface area contributed by atoms with E-state index in [1.165, 1.54) is 7.11 Å². The maximum Gasteiger partial charge on any atom is 0.326 e. The van der Waals surface area contributed by atoms with Crippen LogP contribution in [0.15, 0.2) is 35.3 Å². The average Bonchev–Trinajstić information content (AvgIpc) is 3.17. The molecule has 1 aromatic carbocycles. The van der Waals surface area contributed by atoms with E-state index in [4.69, 9.17) is 0 Å². The van der Waals surface area contributed by atoms with Crippen molar-refractivity contribution in [3.8, 4) is 0 Å². The summed E-state index contributed by atoms with van der Waals surface area (Å²) in [5, 5.41) is 12.2. The second-order valence-electron chi connectivity index (χ2n) is 7.36. The Morgan fingerprint density at radius 2 is 1.91 bits per heavy atom. The lowest BCUT2D eigenvalue weighted by Crippen LogP contribution is -2.41. The zero-order valence-electron chi connectivity index (χ0n) is 17.7. The van der Waals surface area contributed by atoms with Crippen LogP contribution in [-0.2, 0) is 27.2 Å². The number of rotatable bonds is 9. The summed E-state index contributed by atoms with van der Waals surface area (Å²) < 4.78 is 4.50. The van der Waals surface area contributed by atoms with E-state index in [0.29, 0.717) is 35.3 Å². The van der Waals surface area contributed by atoms with Crippen LogP contribution in [0.4, 0.5) is 0 Å². The van der Waals surface area contributed by atoms with E-state index in [0.717, 1.165) is 11.1 Å². The van der Waals surface area contributed by atoms with Gasteiger partial charge in [-0.3, -0.25) is 14.4 Å². The van der Waals surface area contributed by atoms with Gasteiger partial charge in [0.05, 0.1) is 12.5 Å². The van der Waals surface area contributed by atoms with Crippen molar-refractivity contribution < 1.29 is 24.2 Å². The topological polar surface area (TPSA) is 154 Å². The quantitative estimate of drug-likeness (QED) is 0.367. The van der Waals surface area contributed by atoms with E-state index < -0.39 is 23.9 Å². The molecule has 0 saturated carbocycles. The molecule has 0 spiro atoms. The zero-order chi connectivity index (χ0) is 23.3. The van der Waals surface area contributed by atoms with Crippen molar-refractivity contribution >= 4 is 28.9 Å². The second-order valence-corrected chi connectivity index (χ2v) is 7.36. The number of benzene rings is 1. The molecule has 0 aliphatic heterocycles. The SMILES string of the molecule is COC(=O)CCC(NC(=O)c1ccc(CCc2c[nH]c3nc(C)[nH]c(=O)c23)cc1)C(=O)O. The number of hydrogen-bond acceptors (Lipinski definition) is 6. The summed E-state index contributed by atoms with van der Waals surface area (Å²) in [6.45, 7) is 1.72. The number of carboxylic acid groups (broad SMARTS) is 1. The molecule has 0 bridgehead atoms. The first-order valence-corrected chi connectivity index (χ1v) is 10.0. The predicted octanol–water partition coefficient (Wildman–Crippen LogP) is 1.48. The van der Waals surface area contributed by atoms with Crippen LogP contribution < -0.4 is 10.9 Å². The number of methoxy groups -OCH3 is 1. The molecule has 4 N–H and O–H groups in total. The lowest BCUT2D eigenvalue weighted by molar-refractivity contribution is -0.142. The Morgan fingerprint density at radius 1 is 1.19 bits per heavy atom. The molecule has 3 rings (SSSR count). The highest BCUT2D eigenvalue weighted by Crippen LogP contribution is 2.15.